The lowest BCUT2D eigenvalue weighted by Gasteiger charge is -2.31. The predicted molar refractivity (Wildman–Crippen MR) is 332 cm³/mol. The van der Waals surface area contributed by atoms with Gasteiger partial charge in [-0.05, 0) is 91.1 Å². The third-order valence-corrected chi connectivity index (χ3v) is 16.2. The van der Waals surface area contributed by atoms with E-state index in [1.807, 2.05) is 0 Å². The van der Waals surface area contributed by atoms with E-state index in [0.29, 0.717) is 40.7 Å². The summed E-state index contributed by atoms with van der Waals surface area (Å²) in [6.45, 7) is 2.75. The molecular weight excluding hydrogens is 1210 g/mol. The lowest BCUT2D eigenvalue weighted by atomic mass is 9.93. The zero-order chi connectivity index (χ0) is 66.8. The fraction of sp³-hybridized carbons (Fsp3) is 0.365. The number of hydrogen-bond acceptors (Lipinski definition) is 18. The largest absolute Gasteiger partial charge is 0.445 e. The normalized spacial score (nSPS) is 14.8. The first kappa shape index (κ1) is 66.4. The van der Waals surface area contributed by atoms with Crippen LogP contribution in [0, 0.1) is 32.1 Å². The molecular formula is C63H67N13O17. The molecule has 5 aromatic rings. The topological polar surface area (TPSA) is 403 Å². The number of ether oxygens (including phenoxy) is 1. The molecule has 1 fully saturated rings. The van der Waals surface area contributed by atoms with Crippen LogP contribution in [-0.4, -0.2) is 183 Å². The number of urea groups is 1. The Bertz CT molecular complexity index is 3910. The molecule has 5 aromatic carbocycles. The maximum atomic E-state index is 14.3. The van der Waals surface area contributed by atoms with Gasteiger partial charge in [-0.3, -0.25) is 82.9 Å². The summed E-state index contributed by atoms with van der Waals surface area (Å²) in [6.07, 6.45) is 3.36. The Kier molecular flexibility index (Phi) is 20.9. The highest BCUT2D eigenvalue weighted by Gasteiger charge is 2.38. The van der Waals surface area contributed by atoms with E-state index in [2.05, 4.69) is 31.5 Å². The van der Waals surface area contributed by atoms with Gasteiger partial charge >= 0.3 is 12.1 Å². The number of carbonyl (C=O) groups is 12. The summed E-state index contributed by atoms with van der Waals surface area (Å²) >= 11 is 0. The van der Waals surface area contributed by atoms with Crippen molar-refractivity contribution in [3.8, 4) is 0 Å². The third-order valence-electron chi connectivity index (χ3n) is 16.2. The van der Waals surface area contributed by atoms with Crippen molar-refractivity contribution in [1.82, 2.24) is 45.8 Å². The van der Waals surface area contributed by atoms with Crippen molar-refractivity contribution in [3.05, 3.63) is 145 Å². The Morgan fingerprint density at radius 2 is 1.22 bits per heavy atom. The van der Waals surface area contributed by atoms with Gasteiger partial charge in [0.2, 0.25) is 23.6 Å². The first-order chi connectivity index (χ1) is 44.4. The smallest absolute Gasteiger partial charge is 0.410 e. The quantitative estimate of drug-likeness (QED) is 0.0159. The Labute approximate surface area is 530 Å². The number of anilines is 1. The predicted octanol–water partition coefficient (Wildman–Crippen LogP) is 3.89. The molecule has 1 saturated carbocycles. The van der Waals surface area contributed by atoms with Crippen LogP contribution in [0.5, 0.6) is 0 Å². The fourth-order valence-electron chi connectivity index (χ4n) is 11.2. The molecule has 2 atom stereocenters. The minimum Gasteiger partial charge on any atom is -0.445 e. The van der Waals surface area contributed by atoms with E-state index in [-0.39, 0.29) is 123 Å². The zero-order valence-electron chi connectivity index (χ0n) is 50.7. The number of nitrogens with two attached hydrogens (primary N) is 1. The fourth-order valence-corrected chi connectivity index (χ4v) is 11.2. The van der Waals surface area contributed by atoms with Gasteiger partial charge in [-0.15, -0.1) is 0 Å². The van der Waals surface area contributed by atoms with Gasteiger partial charge in [0, 0.05) is 123 Å². The monoisotopic (exact) mass is 1280 g/mol. The van der Waals surface area contributed by atoms with Crippen LogP contribution in [-0.2, 0) is 40.1 Å². The Hall–Kier alpha value is -11.0. The summed E-state index contributed by atoms with van der Waals surface area (Å²) in [5, 5.41) is 37.8. The maximum absolute atomic E-state index is 14.3. The van der Waals surface area contributed by atoms with Crippen LogP contribution < -0.4 is 32.3 Å². The number of rotatable bonds is 31. The number of primary amides is 1. The lowest BCUT2D eigenvalue weighted by molar-refractivity contribution is -0.384. The summed E-state index contributed by atoms with van der Waals surface area (Å²) in [5.74, 6) is -6.86. The summed E-state index contributed by atoms with van der Waals surface area (Å²) in [5.41, 5.74) is 5.62. The number of amides is 13. The van der Waals surface area contributed by atoms with Crippen LogP contribution >= 0.6 is 0 Å². The molecule has 3 heterocycles. The summed E-state index contributed by atoms with van der Waals surface area (Å²) < 4.78 is 5.83. The Morgan fingerprint density at radius 3 is 1.76 bits per heavy atom. The van der Waals surface area contributed by atoms with Gasteiger partial charge in [-0.2, -0.15) is 0 Å². The number of nitro groups is 2. The van der Waals surface area contributed by atoms with E-state index in [1.165, 1.54) is 41.3 Å². The van der Waals surface area contributed by atoms with Gasteiger partial charge in [-0.25, -0.2) is 9.59 Å². The lowest BCUT2D eigenvalue weighted by Crippen LogP contribution is -2.55. The average Bonchev–Trinajstić information content (AvgIpc) is 1.64. The number of nitro benzene ring substituents is 2. The van der Waals surface area contributed by atoms with Gasteiger partial charge in [0.15, 0.2) is 0 Å². The number of non-ortho nitro benzene ring substituents is 2. The molecule has 486 valence electrons. The molecule has 1 aliphatic carbocycles. The van der Waals surface area contributed by atoms with Crippen molar-refractivity contribution < 1.29 is 72.1 Å². The van der Waals surface area contributed by atoms with Gasteiger partial charge in [-0.1, -0.05) is 50.2 Å². The number of hydrogen-bond donors (Lipinski definition) is 6. The molecule has 0 saturated heterocycles. The van der Waals surface area contributed by atoms with Crippen molar-refractivity contribution in [2.45, 2.75) is 71.1 Å². The molecule has 30 heteroatoms. The second kappa shape index (κ2) is 29.3. The molecule has 3 aliphatic heterocycles. The highest BCUT2D eigenvalue weighted by Crippen LogP contribution is 2.36. The van der Waals surface area contributed by atoms with Crippen LogP contribution in [0.2, 0.25) is 0 Å². The van der Waals surface area contributed by atoms with Crippen molar-refractivity contribution >= 4 is 110 Å². The van der Waals surface area contributed by atoms with Crippen LogP contribution in [0.15, 0.2) is 97.1 Å². The number of nitrogens with zero attached hydrogens (tertiary/aromatic N) is 7. The van der Waals surface area contributed by atoms with E-state index in [0.717, 1.165) is 45.8 Å². The zero-order valence-corrected chi connectivity index (χ0v) is 50.7. The molecule has 9 rings (SSSR count). The van der Waals surface area contributed by atoms with Crippen molar-refractivity contribution in [1.29, 1.82) is 0 Å². The minimum absolute atomic E-state index is 0.00531. The second-order valence-electron chi connectivity index (χ2n) is 23.1. The van der Waals surface area contributed by atoms with Crippen LogP contribution in [0.25, 0.3) is 21.5 Å². The molecule has 0 bridgehead atoms. The van der Waals surface area contributed by atoms with Gasteiger partial charge in [0.05, 0.1) is 27.5 Å². The first-order valence-electron chi connectivity index (χ1n) is 30.1. The standard InChI is InChI=1S/C63H67N13O17/c1-36(2)55(69-50(78)33-66-49(77)20-24-72-51(79)18-19-52(72)80)57(82)68-48(11-5-21-65-62(64)87)56(81)67-41-16-14-38(15-17-41)35-93-63(88)71(26-28-74-59(84)45-10-4-8-40-30-43(76(91)92)32-47(54(40)45)61(74)86)23-6-22-70(34-37-12-13-37)25-27-73-58(83)44-9-3-7-39-29-42(75(89)90)31-46(53(39)44)60(73)85/h3-4,7-10,14-19,29-32,36-37,48,55H,5-6,11-13,20-28,33-35H2,1-2H3,(H,66,77)(H,67,81)(H,68,82)(H,69,78)(H3,64,65,87)/t48-,55-/m0/s1. The Morgan fingerprint density at radius 1 is 0.645 bits per heavy atom. The second-order valence-corrected chi connectivity index (χ2v) is 23.1. The average molecular weight is 1280 g/mol. The van der Waals surface area contributed by atoms with Crippen molar-refractivity contribution in [2.75, 3.05) is 70.8 Å². The molecule has 93 heavy (non-hydrogen) atoms. The SMILES string of the molecule is CC(C)[C@H](NC(=O)CNC(=O)CCN1C(=O)C=CC1=O)C(=O)N[C@@H](CCCNC(N)=O)C(=O)Nc1ccc(COC(=O)N(CCCN(CCN2C(=O)c3cccc4cc([N+](=O)[O-])cc(c34)C2=O)CC2CC2)CCN2C(=O)c3cccc4cc([N+](=O)[O-])cc(c34)C2=O)cc1. The number of nitrogens with one attached hydrogen (secondary N) is 5. The summed E-state index contributed by atoms with van der Waals surface area (Å²) in [6, 6.07) is 17.1. The third kappa shape index (κ3) is 16.1. The van der Waals surface area contributed by atoms with Gasteiger partial charge < -0.3 is 46.9 Å². The maximum Gasteiger partial charge on any atom is 0.410 e. The minimum atomic E-state index is -1.23. The Balaban J connectivity index is 0.847. The molecule has 0 unspecified atom stereocenters. The van der Waals surface area contributed by atoms with E-state index < -0.39 is 106 Å². The number of benzene rings is 5. The molecule has 0 spiro atoms. The molecule has 7 N–H and O–H groups in total. The molecule has 0 radical (unpaired) electrons. The van der Waals surface area contributed by atoms with Gasteiger partial charge in [0.25, 0.3) is 46.8 Å². The summed E-state index contributed by atoms with van der Waals surface area (Å²) in [4.78, 5) is 187. The molecule has 13 amide bonds. The number of imide groups is 3. The van der Waals surface area contributed by atoms with Gasteiger partial charge in [0.1, 0.15) is 18.7 Å². The van der Waals surface area contributed by atoms with Crippen molar-refractivity contribution in [3.63, 3.8) is 0 Å². The number of carbonyl (C=O) groups excluding carboxylic acids is 12. The van der Waals surface area contributed by atoms with E-state index >= 15 is 0 Å². The molecule has 30 nitrogen and oxygen atoms in total. The highest BCUT2D eigenvalue weighted by molar-refractivity contribution is 6.27. The highest BCUT2D eigenvalue weighted by atomic mass is 16.6. The van der Waals surface area contributed by atoms with E-state index in [4.69, 9.17) is 10.5 Å². The first-order valence-corrected chi connectivity index (χ1v) is 30.1. The van der Waals surface area contributed by atoms with Crippen LogP contribution in [0.3, 0.4) is 0 Å². The van der Waals surface area contributed by atoms with Crippen LogP contribution in [0.4, 0.5) is 26.7 Å². The summed E-state index contributed by atoms with van der Waals surface area (Å²) in [7, 11) is 0. The van der Waals surface area contributed by atoms with E-state index in [9.17, 15) is 77.8 Å². The molecule has 4 aliphatic rings. The molecule has 0 aromatic heterocycles. The van der Waals surface area contributed by atoms with Crippen molar-refractivity contribution in [2.24, 2.45) is 17.6 Å². The van der Waals surface area contributed by atoms with E-state index in [1.54, 1.807) is 56.3 Å². The van der Waals surface area contributed by atoms with Crippen LogP contribution in [0.1, 0.15) is 99.4 Å².